The molecule has 1 aromatic rings. The summed E-state index contributed by atoms with van der Waals surface area (Å²) in [5.41, 5.74) is 0. The largest absolute Gasteiger partial charge is 0.467 e. The predicted molar refractivity (Wildman–Crippen MR) is 66.3 cm³/mol. The first-order valence-electron chi connectivity index (χ1n) is 6.05. The summed E-state index contributed by atoms with van der Waals surface area (Å²) in [6.07, 6.45) is 1.56. The van der Waals surface area contributed by atoms with Gasteiger partial charge in [0.2, 0.25) is 5.91 Å². The second-order valence-corrected chi connectivity index (χ2v) is 4.24. The standard InChI is InChI=1S/C12H17N3O4/c1-18-6-4-15(8-9-3-2-5-19-9)11(16)10-7-13-12(17)14-10/h2-3,5,10H,4,6-8H2,1H3,(H2,13,14,17). The first kappa shape index (κ1) is 13.4. The van der Waals surface area contributed by atoms with Crippen LogP contribution in [0.4, 0.5) is 4.79 Å². The molecule has 1 saturated heterocycles. The van der Waals surface area contributed by atoms with Crippen molar-refractivity contribution in [3.05, 3.63) is 24.2 Å². The van der Waals surface area contributed by atoms with Crippen molar-refractivity contribution in [2.45, 2.75) is 12.6 Å². The molecule has 19 heavy (non-hydrogen) atoms. The van der Waals surface area contributed by atoms with Gasteiger partial charge in [-0.2, -0.15) is 0 Å². The highest BCUT2D eigenvalue weighted by Gasteiger charge is 2.30. The molecule has 1 fully saturated rings. The Bertz CT molecular complexity index is 432. The van der Waals surface area contributed by atoms with Gasteiger partial charge in [-0.15, -0.1) is 0 Å². The van der Waals surface area contributed by atoms with Gasteiger partial charge in [0.05, 0.1) is 19.4 Å². The Kier molecular flexibility index (Phi) is 4.40. The summed E-state index contributed by atoms with van der Waals surface area (Å²) in [4.78, 5) is 25.0. The Morgan fingerprint density at radius 1 is 1.63 bits per heavy atom. The molecule has 1 aromatic heterocycles. The molecule has 1 atom stereocenters. The topological polar surface area (TPSA) is 83.8 Å². The van der Waals surface area contributed by atoms with E-state index in [1.807, 2.05) is 0 Å². The number of hydrogen-bond donors (Lipinski definition) is 2. The Balaban J connectivity index is 1.99. The van der Waals surface area contributed by atoms with E-state index in [0.29, 0.717) is 32.0 Å². The number of rotatable bonds is 6. The second-order valence-electron chi connectivity index (χ2n) is 4.24. The van der Waals surface area contributed by atoms with Crippen LogP contribution in [0.5, 0.6) is 0 Å². The molecule has 3 amide bonds. The fraction of sp³-hybridized carbons (Fsp3) is 0.500. The maximum absolute atomic E-state index is 12.3. The summed E-state index contributed by atoms with van der Waals surface area (Å²) in [5, 5.41) is 5.15. The van der Waals surface area contributed by atoms with E-state index >= 15 is 0 Å². The zero-order valence-electron chi connectivity index (χ0n) is 10.7. The van der Waals surface area contributed by atoms with Crippen LogP contribution in [0.3, 0.4) is 0 Å². The molecule has 0 bridgehead atoms. The zero-order chi connectivity index (χ0) is 13.7. The van der Waals surface area contributed by atoms with Crippen molar-refractivity contribution >= 4 is 11.9 Å². The van der Waals surface area contributed by atoms with Crippen LogP contribution in [0.15, 0.2) is 22.8 Å². The van der Waals surface area contributed by atoms with E-state index in [2.05, 4.69) is 10.6 Å². The molecule has 2 N–H and O–H groups in total. The van der Waals surface area contributed by atoms with E-state index < -0.39 is 6.04 Å². The van der Waals surface area contributed by atoms with Crippen LogP contribution >= 0.6 is 0 Å². The van der Waals surface area contributed by atoms with Crippen LogP contribution < -0.4 is 10.6 Å². The second kappa shape index (κ2) is 6.24. The molecule has 0 aliphatic carbocycles. The number of nitrogens with zero attached hydrogens (tertiary/aromatic N) is 1. The zero-order valence-corrected chi connectivity index (χ0v) is 10.7. The van der Waals surface area contributed by atoms with Gasteiger partial charge in [-0.25, -0.2) is 4.79 Å². The minimum absolute atomic E-state index is 0.146. The fourth-order valence-corrected chi connectivity index (χ4v) is 1.88. The number of nitrogens with one attached hydrogen (secondary N) is 2. The molecular formula is C12H17N3O4. The maximum Gasteiger partial charge on any atom is 0.315 e. The van der Waals surface area contributed by atoms with E-state index in [1.54, 1.807) is 30.4 Å². The van der Waals surface area contributed by atoms with Crippen LogP contribution in [0, 0.1) is 0 Å². The summed E-state index contributed by atoms with van der Waals surface area (Å²) in [7, 11) is 1.58. The van der Waals surface area contributed by atoms with Crippen molar-refractivity contribution in [2.75, 3.05) is 26.8 Å². The van der Waals surface area contributed by atoms with E-state index in [-0.39, 0.29) is 11.9 Å². The molecule has 2 heterocycles. The van der Waals surface area contributed by atoms with Crippen molar-refractivity contribution in [1.82, 2.24) is 15.5 Å². The van der Waals surface area contributed by atoms with Crippen LogP contribution in [0.2, 0.25) is 0 Å². The number of hydrogen-bond acceptors (Lipinski definition) is 4. The number of urea groups is 1. The molecule has 0 spiro atoms. The summed E-state index contributed by atoms with van der Waals surface area (Å²) >= 11 is 0. The summed E-state index contributed by atoms with van der Waals surface area (Å²) in [6.45, 7) is 1.55. The monoisotopic (exact) mass is 267 g/mol. The van der Waals surface area contributed by atoms with Gasteiger partial charge in [0.1, 0.15) is 11.8 Å². The van der Waals surface area contributed by atoms with E-state index in [1.165, 1.54) is 0 Å². The number of carbonyl (C=O) groups excluding carboxylic acids is 2. The van der Waals surface area contributed by atoms with Gasteiger partial charge in [0, 0.05) is 20.2 Å². The molecule has 0 aromatic carbocycles. The Morgan fingerprint density at radius 3 is 3.05 bits per heavy atom. The van der Waals surface area contributed by atoms with Crippen molar-refractivity contribution in [3.8, 4) is 0 Å². The molecule has 7 heteroatoms. The Hall–Kier alpha value is -2.02. The van der Waals surface area contributed by atoms with Crippen LogP contribution in [0.25, 0.3) is 0 Å². The third-order valence-corrected chi connectivity index (χ3v) is 2.87. The molecule has 0 saturated carbocycles. The highest BCUT2D eigenvalue weighted by molar-refractivity contribution is 5.90. The average molecular weight is 267 g/mol. The van der Waals surface area contributed by atoms with Crippen molar-refractivity contribution in [3.63, 3.8) is 0 Å². The summed E-state index contributed by atoms with van der Waals surface area (Å²) in [6, 6.07) is 2.73. The summed E-state index contributed by atoms with van der Waals surface area (Å²) in [5.74, 6) is 0.550. The number of furan rings is 1. The predicted octanol–water partition coefficient (Wildman–Crippen LogP) is -0.0640. The lowest BCUT2D eigenvalue weighted by Crippen LogP contribution is -2.46. The lowest BCUT2D eigenvalue weighted by Gasteiger charge is -2.23. The van der Waals surface area contributed by atoms with Gasteiger partial charge >= 0.3 is 6.03 Å². The van der Waals surface area contributed by atoms with Crippen molar-refractivity contribution in [2.24, 2.45) is 0 Å². The fourth-order valence-electron chi connectivity index (χ4n) is 1.88. The van der Waals surface area contributed by atoms with Gasteiger partial charge < -0.3 is 24.7 Å². The molecule has 7 nitrogen and oxygen atoms in total. The molecule has 104 valence electrons. The lowest BCUT2D eigenvalue weighted by atomic mass is 10.2. The molecule has 1 aliphatic heterocycles. The third kappa shape index (κ3) is 3.47. The summed E-state index contributed by atoms with van der Waals surface area (Å²) < 4.78 is 10.2. The van der Waals surface area contributed by atoms with Gasteiger partial charge in [-0.1, -0.05) is 0 Å². The molecule has 0 radical (unpaired) electrons. The highest BCUT2D eigenvalue weighted by Crippen LogP contribution is 2.08. The number of amides is 3. The number of methoxy groups -OCH3 is 1. The molecule has 2 rings (SSSR count). The maximum atomic E-state index is 12.3. The van der Waals surface area contributed by atoms with Crippen molar-refractivity contribution < 1.29 is 18.7 Å². The van der Waals surface area contributed by atoms with Crippen LogP contribution in [-0.2, 0) is 16.1 Å². The minimum Gasteiger partial charge on any atom is -0.467 e. The van der Waals surface area contributed by atoms with Gasteiger partial charge in [-0.05, 0) is 12.1 Å². The van der Waals surface area contributed by atoms with Crippen LogP contribution in [0.1, 0.15) is 5.76 Å². The highest BCUT2D eigenvalue weighted by atomic mass is 16.5. The van der Waals surface area contributed by atoms with Gasteiger partial charge in [0.25, 0.3) is 0 Å². The van der Waals surface area contributed by atoms with E-state index in [9.17, 15) is 9.59 Å². The van der Waals surface area contributed by atoms with Gasteiger partial charge in [-0.3, -0.25) is 4.79 Å². The van der Waals surface area contributed by atoms with Crippen LogP contribution in [-0.4, -0.2) is 49.7 Å². The number of ether oxygens (including phenoxy) is 1. The van der Waals surface area contributed by atoms with Gasteiger partial charge in [0.15, 0.2) is 0 Å². The normalized spacial score (nSPS) is 17.9. The Labute approximate surface area is 110 Å². The molecule has 1 aliphatic rings. The number of carbonyl (C=O) groups is 2. The molecular weight excluding hydrogens is 250 g/mol. The quantitative estimate of drug-likeness (QED) is 0.756. The lowest BCUT2D eigenvalue weighted by molar-refractivity contribution is -0.134. The van der Waals surface area contributed by atoms with E-state index in [0.717, 1.165) is 0 Å². The SMILES string of the molecule is COCCN(Cc1ccco1)C(=O)C1CNC(=O)N1. The van der Waals surface area contributed by atoms with Crippen molar-refractivity contribution in [1.29, 1.82) is 0 Å². The minimum atomic E-state index is -0.528. The average Bonchev–Trinajstić information content (AvgIpc) is 3.05. The first-order valence-corrected chi connectivity index (χ1v) is 6.05. The molecule has 1 unspecified atom stereocenters. The smallest absolute Gasteiger partial charge is 0.315 e. The Morgan fingerprint density at radius 2 is 2.47 bits per heavy atom. The third-order valence-electron chi connectivity index (χ3n) is 2.87. The first-order chi connectivity index (χ1) is 9.20. The van der Waals surface area contributed by atoms with E-state index in [4.69, 9.17) is 9.15 Å².